The van der Waals surface area contributed by atoms with Gasteiger partial charge in [-0.05, 0) is 98.8 Å². The molecule has 1 aliphatic carbocycles. The van der Waals surface area contributed by atoms with Gasteiger partial charge >= 0.3 is 0 Å². The first-order chi connectivity index (χ1) is 27.1. The molecule has 9 aromatic rings. The zero-order chi connectivity index (χ0) is 36.4. The van der Waals surface area contributed by atoms with E-state index in [1.807, 2.05) is 12.1 Å². The van der Waals surface area contributed by atoms with Crippen LogP contribution < -0.4 is 26.2 Å². The molecule has 0 bridgehead atoms. The fraction of sp³-hybridized carbons (Fsp3) is 0.0588. The van der Waals surface area contributed by atoms with E-state index in [9.17, 15) is 0 Å². The van der Waals surface area contributed by atoms with Crippen LogP contribution in [0.5, 0.6) is 0 Å². The second-order valence-corrected chi connectivity index (χ2v) is 15.7. The number of furan rings is 1. The molecule has 2 aliphatic heterocycles. The molecule has 0 radical (unpaired) electrons. The van der Waals surface area contributed by atoms with Gasteiger partial charge in [-0.1, -0.05) is 135 Å². The fourth-order valence-electron chi connectivity index (χ4n) is 9.99. The van der Waals surface area contributed by atoms with Gasteiger partial charge in [-0.3, -0.25) is 0 Å². The molecule has 3 aliphatic rings. The lowest BCUT2D eigenvalue weighted by molar-refractivity contribution is 0.660. The summed E-state index contributed by atoms with van der Waals surface area (Å²) in [6.45, 7) is 4.83. The van der Waals surface area contributed by atoms with E-state index in [2.05, 4.69) is 187 Å². The van der Waals surface area contributed by atoms with Gasteiger partial charge in [0.1, 0.15) is 11.2 Å². The molecule has 258 valence electrons. The Labute approximate surface area is 320 Å². The van der Waals surface area contributed by atoms with Crippen LogP contribution in [0.2, 0.25) is 0 Å². The second kappa shape index (κ2) is 11.1. The monoisotopic (exact) mass is 702 g/mol. The van der Waals surface area contributed by atoms with Gasteiger partial charge in [0.05, 0.1) is 0 Å². The molecule has 0 N–H and O–H groups in total. The Hall–Kier alpha value is -6.78. The van der Waals surface area contributed by atoms with E-state index in [0.29, 0.717) is 0 Å². The SMILES string of the molecule is CC1(C)c2ccccc2-c2ccc(N3c4ccccc4B4c5ccccc5N(c5ccc(-c6cccc7c6oc6ccccc67)cc5)c5cccc3c54)cc21. The van der Waals surface area contributed by atoms with Crippen molar-refractivity contribution in [2.45, 2.75) is 19.3 Å². The van der Waals surface area contributed by atoms with Crippen molar-refractivity contribution >= 4 is 79.2 Å². The Morgan fingerprint density at radius 2 is 1.02 bits per heavy atom. The zero-order valence-electron chi connectivity index (χ0n) is 30.6. The lowest BCUT2D eigenvalue weighted by Gasteiger charge is -2.44. The summed E-state index contributed by atoms with van der Waals surface area (Å²) in [6, 6.07) is 64.6. The first-order valence-corrected chi connectivity index (χ1v) is 19.2. The molecule has 12 rings (SSSR count). The van der Waals surface area contributed by atoms with Gasteiger partial charge in [-0.15, -0.1) is 0 Å². The molecule has 0 saturated carbocycles. The van der Waals surface area contributed by atoms with Crippen molar-refractivity contribution in [3.05, 3.63) is 187 Å². The van der Waals surface area contributed by atoms with Crippen molar-refractivity contribution < 1.29 is 4.42 Å². The molecule has 3 nitrogen and oxygen atoms in total. The minimum absolute atomic E-state index is 0.0896. The average molecular weight is 703 g/mol. The third kappa shape index (κ3) is 4.17. The maximum Gasteiger partial charge on any atom is 0.252 e. The highest BCUT2D eigenvalue weighted by atomic mass is 16.3. The Bertz CT molecular complexity index is 3050. The molecule has 4 heteroatoms. The predicted octanol–water partition coefficient (Wildman–Crippen LogP) is 11.6. The van der Waals surface area contributed by atoms with E-state index >= 15 is 0 Å². The molecule has 1 aromatic heterocycles. The van der Waals surface area contributed by atoms with E-state index in [0.717, 1.165) is 38.8 Å². The highest BCUT2D eigenvalue weighted by Crippen LogP contribution is 2.51. The zero-order valence-corrected chi connectivity index (χ0v) is 30.6. The molecule has 0 unspecified atom stereocenters. The topological polar surface area (TPSA) is 19.6 Å². The van der Waals surface area contributed by atoms with Crippen LogP contribution in [0.15, 0.2) is 180 Å². The summed E-state index contributed by atoms with van der Waals surface area (Å²) >= 11 is 0. The molecule has 0 spiro atoms. The van der Waals surface area contributed by atoms with E-state index in [1.165, 1.54) is 67.1 Å². The summed E-state index contributed by atoms with van der Waals surface area (Å²) < 4.78 is 6.43. The van der Waals surface area contributed by atoms with Crippen molar-refractivity contribution in [1.29, 1.82) is 0 Å². The van der Waals surface area contributed by atoms with Crippen LogP contribution in [-0.4, -0.2) is 6.71 Å². The molecule has 55 heavy (non-hydrogen) atoms. The minimum Gasteiger partial charge on any atom is -0.455 e. The first-order valence-electron chi connectivity index (χ1n) is 19.2. The third-order valence-electron chi connectivity index (χ3n) is 12.5. The number of benzene rings is 8. The normalized spacial score (nSPS) is 14.4. The van der Waals surface area contributed by atoms with Crippen molar-refractivity contribution in [3.8, 4) is 22.3 Å². The molecule has 0 fully saturated rings. The maximum absolute atomic E-state index is 6.43. The number of rotatable bonds is 3. The van der Waals surface area contributed by atoms with Gasteiger partial charge in [0.25, 0.3) is 6.71 Å². The summed E-state index contributed by atoms with van der Waals surface area (Å²) in [5, 5.41) is 2.29. The summed E-state index contributed by atoms with van der Waals surface area (Å²) in [5.74, 6) is 0. The second-order valence-electron chi connectivity index (χ2n) is 15.7. The van der Waals surface area contributed by atoms with Crippen molar-refractivity contribution in [3.63, 3.8) is 0 Å². The molecule has 3 heterocycles. The molecule has 8 aromatic carbocycles. The average Bonchev–Trinajstić information content (AvgIpc) is 3.73. The van der Waals surface area contributed by atoms with Gasteiger partial charge in [-0.2, -0.15) is 0 Å². The smallest absolute Gasteiger partial charge is 0.252 e. The highest BCUT2D eigenvalue weighted by Gasteiger charge is 2.43. The van der Waals surface area contributed by atoms with Crippen LogP contribution in [-0.2, 0) is 5.41 Å². The van der Waals surface area contributed by atoms with Crippen LogP contribution in [0.25, 0.3) is 44.2 Å². The number of hydrogen-bond acceptors (Lipinski definition) is 3. The summed E-state index contributed by atoms with van der Waals surface area (Å²) in [6.07, 6.45) is 0. The highest BCUT2D eigenvalue weighted by molar-refractivity contribution is 7.00. The van der Waals surface area contributed by atoms with E-state index in [-0.39, 0.29) is 12.1 Å². The van der Waals surface area contributed by atoms with Crippen LogP contribution in [0.3, 0.4) is 0 Å². The summed E-state index contributed by atoms with van der Waals surface area (Å²) in [5.41, 5.74) is 20.6. The van der Waals surface area contributed by atoms with E-state index < -0.39 is 0 Å². The van der Waals surface area contributed by atoms with Gasteiger partial charge in [0.15, 0.2) is 0 Å². The number of nitrogens with zero attached hydrogens (tertiary/aromatic N) is 2. The van der Waals surface area contributed by atoms with Crippen molar-refractivity contribution in [1.82, 2.24) is 0 Å². The first kappa shape index (κ1) is 30.7. The van der Waals surface area contributed by atoms with Gasteiger partial charge in [-0.25, -0.2) is 0 Å². The molecule has 0 atom stereocenters. The maximum atomic E-state index is 6.43. The minimum atomic E-state index is -0.0896. The van der Waals surface area contributed by atoms with Crippen LogP contribution in [0.1, 0.15) is 25.0 Å². The van der Waals surface area contributed by atoms with Crippen LogP contribution in [0.4, 0.5) is 34.1 Å². The van der Waals surface area contributed by atoms with Crippen LogP contribution in [0, 0.1) is 0 Å². The quantitative estimate of drug-likeness (QED) is 0.171. The number of fused-ring (bicyclic) bond motifs is 10. The Balaban J connectivity index is 1.02. The lowest BCUT2D eigenvalue weighted by atomic mass is 9.33. The molecular formula is C51H35BN2O. The van der Waals surface area contributed by atoms with Crippen LogP contribution >= 0.6 is 0 Å². The fourth-order valence-corrected chi connectivity index (χ4v) is 9.99. The van der Waals surface area contributed by atoms with Crippen molar-refractivity contribution in [2.75, 3.05) is 9.80 Å². The Morgan fingerprint density at radius 1 is 0.455 bits per heavy atom. The van der Waals surface area contributed by atoms with Crippen molar-refractivity contribution in [2.24, 2.45) is 0 Å². The number of hydrogen-bond donors (Lipinski definition) is 0. The van der Waals surface area contributed by atoms with E-state index in [4.69, 9.17) is 4.42 Å². The standard InChI is InChI=1S/C51H35BN2O/c1-51(2)40-17-5-3-13-36(40)37-30-29-34(31-41(37)51)54-45-21-9-7-19-43(45)52-42-18-6-8-20-44(42)53(46-22-12-23-47(54)49(46)52)33-27-25-32(26-28-33)35-15-11-16-39-38-14-4-10-24-48(38)55-50(35)39/h3-31H,1-2H3. The van der Waals surface area contributed by atoms with Gasteiger partial charge in [0, 0.05) is 55.9 Å². The van der Waals surface area contributed by atoms with Gasteiger partial charge < -0.3 is 14.2 Å². The summed E-state index contributed by atoms with van der Waals surface area (Å²) in [4.78, 5) is 4.97. The van der Waals surface area contributed by atoms with E-state index in [1.54, 1.807) is 0 Å². The Kier molecular flexibility index (Phi) is 6.20. The third-order valence-corrected chi connectivity index (χ3v) is 12.5. The molecular weight excluding hydrogens is 667 g/mol. The largest absolute Gasteiger partial charge is 0.455 e. The predicted molar refractivity (Wildman–Crippen MR) is 231 cm³/mol. The molecule has 0 amide bonds. The molecule has 0 saturated heterocycles. The summed E-state index contributed by atoms with van der Waals surface area (Å²) in [7, 11) is 0. The number of anilines is 6. The number of para-hydroxylation sites is 4. The van der Waals surface area contributed by atoms with Gasteiger partial charge in [0.2, 0.25) is 0 Å². The lowest BCUT2D eigenvalue weighted by Crippen LogP contribution is -2.61. The Morgan fingerprint density at radius 3 is 1.80 bits per heavy atom.